The Hall–Kier alpha value is -2.08. The molecule has 0 spiro atoms. The van der Waals surface area contributed by atoms with E-state index in [9.17, 15) is 0 Å². The first kappa shape index (κ1) is 16.4. The predicted molar refractivity (Wildman–Crippen MR) is 107 cm³/mol. The average molecular weight is 328 g/mol. The van der Waals surface area contributed by atoms with E-state index in [2.05, 4.69) is 81.1 Å². The molecule has 0 heteroatoms. The van der Waals surface area contributed by atoms with Crippen molar-refractivity contribution in [2.24, 2.45) is 17.8 Å². The Morgan fingerprint density at radius 3 is 2.44 bits per heavy atom. The lowest BCUT2D eigenvalue weighted by Crippen LogP contribution is -2.11. The molecule has 2 aliphatic carbocycles. The number of benzene rings is 2. The molecule has 2 aromatic rings. The summed E-state index contributed by atoms with van der Waals surface area (Å²) in [5, 5.41) is 0. The van der Waals surface area contributed by atoms with Gasteiger partial charge in [-0.1, -0.05) is 92.2 Å². The van der Waals surface area contributed by atoms with Crippen molar-refractivity contribution in [2.75, 3.05) is 0 Å². The smallest absolute Gasteiger partial charge is 0.00199 e. The summed E-state index contributed by atoms with van der Waals surface area (Å²) in [6.07, 6.45) is 6.01. The fraction of sp³-hybridized carbons (Fsp3) is 0.360. The highest BCUT2D eigenvalue weighted by molar-refractivity contribution is 5.65. The fourth-order valence-electron chi connectivity index (χ4n) is 4.90. The van der Waals surface area contributed by atoms with E-state index in [1.807, 2.05) is 0 Å². The molecule has 1 fully saturated rings. The normalized spacial score (nSPS) is 25.3. The van der Waals surface area contributed by atoms with Gasteiger partial charge >= 0.3 is 0 Å². The summed E-state index contributed by atoms with van der Waals surface area (Å²) in [7, 11) is 0. The molecule has 0 aliphatic heterocycles. The van der Waals surface area contributed by atoms with Gasteiger partial charge in [-0.25, -0.2) is 0 Å². The van der Waals surface area contributed by atoms with Gasteiger partial charge in [0.25, 0.3) is 0 Å². The van der Waals surface area contributed by atoms with E-state index >= 15 is 0 Å². The van der Waals surface area contributed by atoms with Crippen LogP contribution in [0.5, 0.6) is 0 Å². The second kappa shape index (κ2) is 6.67. The van der Waals surface area contributed by atoms with Gasteiger partial charge in [0.05, 0.1) is 0 Å². The minimum atomic E-state index is 0.543. The van der Waals surface area contributed by atoms with Crippen LogP contribution in [0.15, 0.2) is 72.3 Å². The lowest BCUT2D eigenvalue weighted by Gasteiger charge is -2.23. The third kappa shape index (κ3) is 3.11. The zero-order valence-electron chi connectivity index (χ0n) is 15.4. The second-order valence-electron chi connectivity index (χ2n) is 8.21. The Balaban J connectivity index is 1.64. The van der Waals surface area contributed by atoms with Gasteiger partial charge in [-0.15, -0.1) is 0 Å². The molecule has 0 radical (unpaired) electrons. The molecular formula is C25H28. The predicted octanol–water partition coefficient (Wildman–Crippen LogP) is 6.65. The Morgan fingerprint density at radius 2 is 1.72 bits per heavy atom. The molecular weight excluding hydrogens is 300 g/mol. The fourth-order valence-corrected chi connectivity index (χ4v) is 4.90. The molecule has 0 bridgehead atoms. The van der Waals surface area contributed by atoms with Gasteiger partial charge < -0.3 is 0 Å². The SMILES string of the molecule is C=C1C(C2=Cc3ccccc3C2)CC(c2ccccc2)C1CC(C)C. The molecule has 3 atom stereocenters. The lowest BCUT2D eigenvalue weighted by molar-refractivity contribution is 0.425. The van der Waals surface area contributed by atoms with E-state index in [0.29, 0.717) is 23.7 Å². The van der Waals surface area contributed by atoms with E-state index < -0.39 is 0 Å². The summed E-state index contributed by atoms with van der Waals surface area (Å²) in [6, 6.07) is 19.9. The highest BCUT2D eigenvalue weighted by Crippen LogP contribution is 2.52. The van der Waals surface area contributed by atoms with Crippen molar-refractivity contribution in [3.05, 3.63) is 89.0 Å². The van der Waals surface area contributed by atoms with Gasteiger partial charge in [-0.2, -0.15) is 0 Å². The van der Waals surface area contributed by atoms with Crippen LogP contribution in [0.4, 0.5) is 0 Å². The van der Waals surface area contributed by atoms with Crippen molar-refractivity contribution in [3.63, 3.8) is 0 Å². The van der Waals surface area contributed by atoms with Crippen LogP contribution in [0.1, 0.15) is 49.3 Å². The highest BCUT2D eigenvalue weighted by Gasteiger charge is 2.40. The van der Waals surface area contributed by atoms with Crippen molar-refractivity contribution in [1.29, 1.82) is 0 Å². The molecule has 0 nitrogen and oxygen atoms in total. The summed E-state index contributed by atoms with van der Waals surface area (Å²) in [5.41, 5.74) is 7.44. The Bertz CT molecular complexity index is 794. The maximum absolute atomic E-state index is 4.61. The molecule has 0 saturated heterocycles. The van der Waals surface area contributed by atoms with Gasteiger partial charge in [-0.05, 0) is 53.7 Å². The molecule has 4 rings (SSSR count). The van der Waals surface area contributed by atoms with Crippen molar-refractivity contribution >= 4 is 6.08 Å². The molecule has 0 heterocycles. The van der Waals surface area contributed by atoms with Crippen LogP contribution in [0.2, 0.25) is 0 Å². The molecule has 0 N–H and O–H groups in total. The number of hydrogen-bond donors (Lipinski definition) is 0. The van der Waals surface area contributed by atoms with Gasteiger partial charge in [0.2, 0.25) is 0 Å². The van der Waals surface area contributed by atoms with Crippen LogP contribution < -0.4 is 0 Å². The Labute approximate surface area is 152 Å². The number of fused-ring (bicyclic) bond motifs is 1. The summed E-state index contributed by atoms with van der Waals surface area (Å²) < 4.78 is 0. The van der Waals surface area contributed by atoms with E-state index in [-0.39, 0.29) is 0 Å². The second-order valence-corrected chi connectivity index (χ2v) is 8.21. The van der Waals surface area contributed by atoms with Gasteiger partial charge in [0.1, 0.15) is 0 Å². The zero-order valence-corrected chi connectivity index (χ0v) is 15.4. The van der Waals surface area contributed by atoms with Crippen molar-refractivity contribution < 1.29 is 0 Å². The van der Waals surface area contributed by atoms with Crippen molar-refractivity contribution in [2.45, 2.75) is 39.0 Å². The molecule has 0 amide bonds. The standard InChI is InChI=1S/C25H28/c1-17(2)13-24-18(3)23(16-25(24)19-9-5-4-6-10-19)22-14-20-11-7-8-12-21(20)15-22/h4-12,14,17,23-25H,3,13,15-16H2,1-2H3. The zero-order chi connectivity index (χ0) is 17.4. The lowest BCUT2D eigenvalue weighted by atomic mass is 9.82. The van der Waals surface area contributed by atoms with Gasteiger partial charge in [0.15, 0.2) is 0 Å². The largest absolute Gasteiger partial charge is 0.0990 e. The molecule has 2 aliphatic rings. The molecule has 25 heavy (non-hydrogen) atoms. The number of hydrogen-bond acceptors (Lipinski definition) is 0. The quantitative estimate of drug-likeness (QED) is 0.551. The van der Waals surface area contributed by atoms with E-state index in [1.54, 1.807) is 5.57 Å². The van der Waals surface area contributed by atoms with Gasteiger partial charge in [-0.3, -0.25) is 0 Å². The van der Waals surface area contributed by atoms with Crippen molar-refractivity contribution in [3.8, 4) is 0 Å². The first-order chi connectivity index (χ1) is 12.1. The molecule has 2 aromatic carbocycles. The minimum absolute atomic E-state index is 0.543. The molecule has 128 valence electrons. The third-order valence-electron chi connectivity index (χ3n) is 6.09. The van der Waals surface area contributed by atoms with Crippen LogP contribution in [-0.4, -0.2) is 0 Å². The third-order valence-corrected chi connectivity index (χ3v) is 6.09. The highest BCUT2D eigenvalue weighted by atomic mass is 14.4. The van der Waals surface area contributed by atoms with Crippen LogP contribution in [0.25, 0.3) is 6.08 Å². The summed E-state index contributed by atoms with van der Waals surface area (Å²) in [5.74, 6) is 2.48. The monoisotopic (exact) mass is 328 g/mol. The summed E-state index contributed by atoms with van der Waals surface area (Å²) in [4.78, 5) is 0. The first-order valence-corrected chi connectivity index (χ1v) is 9.65. The van der Waals surface area contributed by atoms with E-state index in [4.69, 9.17) is 0 Å². The van der Waals surface area contributed by atoms with Crippen LogP contribution >= 0.6 is 0 Å². The van der Waals surface area contributed by atoms with E-state index in [1.165, 1.54) is 35.1 Å². The molecule has 3 unspecified atom stereocenters. The topological polar surface area (TPSA) is 0 Å². The van der Waals surface area contributed by atoms with Crippen LogP contribution in [0, 0.1) is 17.8 Å². The maximum atomic E-state index is 4.61. The number of allylic oxidation sites excluding steroid dienone is 2. The minimum Gasteiger partial charge on any atom is -0.0990 e. The van der Waals surface area contributed by atoms with E-state index in [0.717, 1.165) is 6.42 Å². The van der Waals surface area contributed by atoms with Crippen molar-refractivity contribution in [1.82, 2.24) is 0 Å². The van der Waals surface area contributed by atoms with Crippen LogP contribution in [0.3, 0.4) is 0 Å². The Kier molecular flexibility index (Phi) is 4.37. The number of rotatable bonds is 4. The summed E-state index contributed by atoms with van der Waals surface area (Å²) >= 11 is 0. The summed E-state index contributed by atoms with van der Waals surface area (Å²) in [6.45, 7) is 9.29. The molecule has 0 aromatic heterocycles. The molecule has 1 saturated carbocycles. The Morgan fingerprint density at radius 1 is 1.00 bits per heavy atom. The maximum Gasteiger partial charge on any atom is 0.00199 e. The van der Waals surface area contributed by atoms with Crippen LogP contribution in [-0.2, 0) is 6.42 Å². The van der Waals surface area contributed by atoms with Gasteiger partial charge in [0, 0.05) is 5.92 Å². The first-order valence-electron chi connectivity index (χ1n) is 9.65. The average Bonchev–Trinajstić information content (AvgIpc) is 3.17.